The lowest BCUT2D eigenvalue weighted by Gasteiger charge is -2.26. The van der Waals surface area contributed by atoms with Gasteiger partial charge in [-0.3, -0.25) is 9.59 Å². The van der Waals surface area contributed by atoms with E-state index < -0.39 is 0 Å². The third-order valence-corrected chi connectivity index (χ3v) is 5.24. The lowest BCUT2D eigenvalue weighted by Crippen LogP contribution is -2.38. The molecule has 0 unspecified atom stereocenters. The summed E-state index contributed by atoms with van der Waals surface area (Å²) in [6, 6.07) is 12.9. The summed E-state index contributed by atoms with van der Waals surface area (Å²) in [5, 5.41) is 0. The number of hydrogen-bond donors (Lipinski definition) is 0. The number of benzene rings is 2. The van der Waals surface area contributed by atoms with Crippen LogP contribution in [0.15, 0.2) is 42.5 Å². The number of ether oxygens (including phenoxy) is 2. The average molecular weight is 411 g/mol. The van der Waals surface area contributed by atoms with Crippen LogP contribution < -0.4 is 14.4 Å². The van der Waals surface area contributed by atoms with E-state index in [1.807, 2.05) is 43.0 Å². The lowest BCUT2D eigenvalue weighted by atomic mass is 10.1. The van der Waals surface area contributed by atoms with Crippen LogP contribution in [0.5, 0.6) is 11.5 Å². The molecule has 0 saturated carbocycles. The first-order valence-corrected chi connectivity index (χ1v) is 10.5. The Morgan fingerprint density at radius 3 is 2.47 bits per heavy atom. The van der Waals surface area contributed by atoms with Crippen LogP contribution in [0.4, 0.5) is 5.69 Å². The predicted octanol–water partition coefficient (Wildman–Crippen LogP) is 4.06. The van der Waals surface area contributed by atoms with Crippen LogP contribution in [0, 0.1) is 6.92 Å². The zero-order chi connectivity index (χ0) is 21.5. The third kappa shape index (κ3) is 5.32. The highest BCUT2D eigenvalue weighted by molar-refractivity contribution is 6.06. The lowest BCUT2D eigenvalue weighted by molar-refractivity contribution is -0.134. The van der Waals surface area contributed by atoms with Crippen molar-refractivity contribution in [1.82, 2.24) is 4.90 Å². The van der Waals surface area contributed by atoms with Crippen LogP contribution in [0.2, 0.25) is 0 Å². The highest BCUT2D eigenvalue weighted by atomic mass is 16.5. The molecule has 1 heterocycles. The summed E-state index contributed by atoms with van der Waals surface area (Å²) in [4.78, 5) is 28.8. The van der Waals surface area contributed by atoms with Gasteiger partial charge in [0.25, 0.3) is 11.8 Å². The molecule has 0 aromatic heterocycles. The van der Waals surface area contributed by atoms with E-state index in [1.54, 1.807) is 30.1 Å². The van der Waals surface area contributed by atoms with Crippen molar-refractivity contribution in [1.29, 1.82) is 0 Å². The minimum atomic E-state index is -0.141. The first-order valence-electron chi connectivity index (χ1n) is 10.5. The molecule has 0 bridgehead atoms. The van der Waals surface area contributed by atoms with Gasteiger partial charge in [0, 0.05) is 31.4 Å². The fourth-order valence-electron chi connectivity index (χ4n) is 3.55. The molecule has 2 amide bonds. The van der Waals surface area contributed by atoms with Crippen molar-refractivity contribution in [3.8, 4) is 11.5 Å². The summed E-state index contributed by atoms with van der Waals surface area (Å²) in [5.41, 5.74) is 2.41. The monoisotopic (exact) mass is 410 g/mol. The molecule has 0 radical (unpaired) electrons. The summed E-state index contributed by atoms with van der Waals surface area (Å²) < 4.78 is 11.4. The van der Waals surface area contributed by atoms with Crippen molar-refractivity contribution in [2.24, 2.45) is 0 Å². The Morgan fingerprint density at radius 2 is 1.77 bits per heavy atom. The quantitative estimate of drug-likeness (QED) is 0.691. The van der Waals surface area contributed by atoms with E-state index in [4.69, 9.17) is 9.47 Å². The Bertz CT molecular complexity index is 891. The number of hydrogen-bond acceptors (Lipinski definition) is 4. The highest BCUT2D eigenvalue weighted by Crippen LogP contribution is 2.30. The second-order valence-corrected chi connectivity index (χ2v) is 7.53. The van der Waals surface area contributed by atoms with E-state index in [1.165, 1.54) is 6.42 Å². The summed E-state index contributed by atoms with van der Waals surface area (Å²) in [6.07, 6.45) is 3.26. The Morgan fingerprint density at radius 1 is 1.00 bits per heavy atom. The molecule has 0 atom stereocenters. The Labute approximate surface area is 178 Å². The van der Waals surface area contributed by atoms with Gasteiger partial charge < -0.3 is 19.3 Å². The summed E-state index contributed by atoms with van der Waals surface area (Å²) in [5.74, 6) is 0.776. The van der Waals surface area contributed by atoms with Crippen LogP contribution in [0.1, 0.15) is 42.1 Å². The number of carbonyl (C=O) groups is 2. The van der Waals surface area contributed by atoms with Gasteiger partial charge in [-0.25, -0.2) is 0 Å². The summed E-state index contributed by atoms with van der Waals surface area (Å²) in [6.45, 7) is 5.85. The topological polar surface area (TPSA) is 59.1 Å². The van der Waals surface area contributed by atoms with Gasteiger partial charge in [0.05, 0.1) is 6.61 Å². The maximum atomic E-state index is 13.0. The molecule has 3 rings (SSSR count). The standard InChI is InChI=1S/C24H30N2O4/c1-4-29-22-16-19(24(28)25(3)20-10-8-9-18(2)15-20)11-12-21(22)30-17-23(27)26-13-6-5-7-14-26/h8-12,15-16H,4-7,13-14,17H2,1-3H3. The second kappa shape index (κ2) is 10.1. The average Bonchev–Trinajstić information content (AvgIpc) is 2.77. The molecule has 1 saturated heterocycles. The van der Waals surface area contributed by atoms with Crippen molar-refractivity contribution >= 4 is 17.5 Å². The Hall–Kier alpha value is -3.02. The fraction of sp³-hybridized carbons (Fsp3) is 0.417. The molecule has 160 valence electrons. The summed E-state index contributed by atoms with van der Waals surface area (Å²) >= 11 is 0. The zero-order valence-corrected chi connectivity index (χ0v) is 18.0. The predicted molar refractivity (Wildman–Crippen MR) is 117 cm³/mol. The SMILES string of the molecule is CCOc1cc(C(=O)N(C)c2cccc(C)c2)ccc1OCC(=O)N1CCCCC1. The molecule has 6 heteroatoms. The van der Waals surface area contributed by atoms with Gasteiger partial charge >= 0.3 is 0 Å². The smallest absolute Gasteiger partial charge is 0.260 e. The molecule has 0 N–H and O–H groups in total. The van der Waals surface area contributed by atoms with Crippen LogP contribution in [-0.2, 0) is 4.79 Å². The minimum absolute atomic E-state index is 0.0171. The number of carbonyl (C=O) groups excluding carboxylic acids is 2. The highest BCUT2D eigenvalue weighted by Gasteiger charge is 2.19. The fourth-order valence-corrected chi connectivity index (χ4v) is 3.55. The molecule has 2 aromatic carbocycles. The molecule has 1 fully saturated rings. The molecule has 0 spiro atoms. The van der Waals surface area contributed by atoms with Gasteiger partial charge in [0.15, 0.2) is 18.1 Å². The maximum absolute atomic E-state index is 13.0. The minimum Gasteiger partial charge on any atom is -0.490 e. The normalized spacial score (nSPS) is 13.6. The summed E-state index contributed by atoms with van der Waals surface area (Å²) in [7, 11) is 1.75. The van der Waals surface area contributed by atoms with Gasteiger partial charge in [-0.15, -0.1) is 0 Å². The Kier molecular flexibility index (Phi) is 7.33. The Balaban J connectivity index is 1.72. The van der Waals surface area contributed by atoms with Gasteiger partial charge in [0.2, 0.25) is 0 Å². The van der Waals surface area contributed by atoms with Gasteiger partial charge in [0.1, 0.15) is 0 Å². The zero-order valence-electron chi connectivity index (χ0n) is 18.0. The van der Waals surface area contributed by atoms with Gasteiger partial charge in [-0.1, -0.05) is 12.1 Å². The van der Waals surface area contributed by atoms with E-state index in [9.17, 15) is 9.59 Å². The van der Waals surface area contributed by atoms with Crippen LogP contribution >= 0.6 is 0 Å². The third-order valence-electron chi connectivity index (χ3n) is 5.24. The first kappa shape index (κ1) is 21.7. The maximum Gasteiger partial charge on any atom is 0.260 e. The number of likely N-dealkylation sites (tertiary alicyclic amines) is 1. The van der Waals surface area contributed by atoms with Crippen LogP contribution in [0.25, 0.3) is 0 Å². The molecular weight excluding hydrogens is 380 g/mol. The molecule has 30 heavy (non-hydrogen) atoms. The number of amides is 2. The van der Waals surface area contributed by atoms with E-state index >= 15 is 0 Å². The van der Waals surface area contributed by atoms with E-state index in [0.717, 1.165) is 37.2 Å². The van der Waals surface area contributed by atoms with E-state index in [-0.39, 0.29) is 18.4 Å². The van der Waals surface area contributed by atoms with Crippen LogP contribution in [0.3, 0.4) is 0 Å². The van der Waals surface area contributed by atoms with Crippen molar-refractivity contribution in [3.05, 3.63) is 53.6 Å². The number of rotatable bonds is 7. The number of anilines is 1. The van der Waals surface area contributed by atoms with Gasteiger partial charge in [-0.2, -0.15) is 0 Å². The second-order valence-electron chi connectivity index (χ2n) is 7.53. The molecule has 2 aromatic rings. The molecule has 1 aliphatic heterocycles. The van der Waals surface area contributed by atoms with E-state index in [2.05, 4.69) is 0 Å². The largest absolute Gasteiger partial charge is 0.490 e. The molecule has 0 aliphatic carbocycles. The van der Waals surface area contributed by atoms with Crippen molar-refractivity contribution in [3.63, 3.8) is 0 Å². The van der Waals surface area contributed by atoms with E-state index in [0.29, 0.717) is 23.7 Å². The van der Waals surface area contributed by atoms with Crippen molar-refractivity contribution in [2.45, 2.75) is 33.1 Å². The number of aryl methyl sites for hydroxylation is 1. The first-order chi connectivity index (χ1) is 14.5. The molecule has 6 nitrogen and oxygen atoms in total. The molecule has 1 aliphatic rings. The molecular formula is C24H30N2O4. The number of nitrogens with zero attached hydrogens (tertiary/aromatic N) is 2. The van der Waals surface area contributed by atoms with Crippen LogP contribution in [-0.4, -0.2) is 50.1 Å². The van der Waals surface area contributed by atoms with Gasteiger partial charge in [-0.05, 0) is 69.0 Å². The van der Waals surface area contributed by atoms with Crippen molar-refractivity contribution < 1.29 is 19.1 Å². The van der Waals surface area contributed by atoms with Crippen molar-refractivity contribution in [2.75, 3.05) is 38.3 Å². The number of piperidine rings is 1.